The van der Waals surface area contributed by atoms with Gasteiger partial charge in [-0.05, 0) is 43.5 Å². The van der Waals surface area contributed by atoms with Crippen LogP contribution in [0.3, 0.4) is 0 Å². The lowest BCUT2D eigenvalue weighted by molar-refractivity contribution is -0.125. The predicted octanol–water partition coefficient (Wildman–Crippen LogP) is 0.885. The lowest BCUT2D eigenvalue weighted by Gasteiger charge is -2.23. The van der Waals surface area contributed by atoms with Gasteiger partial charge in [-0.1, -0.05) is 0 Å². The van der Waals surface area contributed by atoms with E-state index < -0.39 is 16.1 Å². The Morgan fingerprint density at radius 3 is 2.52 bits per heavy atom. The van der Waals surface area contributed by atoms with Crippen molar-refractivity contribution < 1.29 is 18.0 Å². The van der Waals surface area contributed by atoms with Gasteiger partial charge in [-0.2, -0.15) is 4.31 Å². The van der Waals surface area contributed by atoms with Gasteiger partial charge in [-0.15, -0.1) is 0 Å². The molecule has 2 aliphatic heterocycles. The summed E-state index contributed by atoms with van der Waals surface area (Å²) in [6.45, 7) is 4.79. The number of carbonyl (C=O) groups is 2. The molecule has 136 valence electrons. The highest BCUT2D eigenvalue weighted by atomic mass is 32.2. The van der Waals surface area contributed by atoms with Gasteiger partial charge in [0.2, 0.25) is 21.8 Å². The highest BCUT2D eigenvalue weighted by molar-refractivity contribution is 7.89. The van der Waals surface area contributed by atoms with Crippen molar-refractivity contribution in [3.8, 4) is 0 Å². The van der Waals surface area contributed by atoms with Gasteiger partial charge in [0.05, 0.1) is 4.90 Å². The molecular weight excluding hydrogens is 342 g/mol. The molecule has 2 aliphatic rings. The number of fused-ring (bicyclic) bond motifs is 1. The van der Waals surface area contributed by atoms with E-state index in [9.17, 15) is 18.0 Å². The Balaban J connectivity index is 1.95. The van der Waals surface area contributed by atoms with Crippen molar-refractivity contribution in [3.63, 3.8) is 0 Å². The van der Waals surface area contributed by atoms with Crippen LogP contribution in [0.25, 0.3) is 0 Å². The number of carbonyl (C=O) groups excluding carboxylic acids is 2. The summed E-state index contributed by atoms with van der Waals surface area (Å²) in [5.41, 5.74) is 1.33. The van der Waals surface area contributed by atoms with Gasteiger partial charge in [-0.3, -0.25) is 14.5 Å². The molecule has 0 spiro atoms. The number of nitrogens with zero attached hydrogens (tertiary/aromatic N) is 2. The third kappa shape index (κ3) is 3.16. The van der Waals surface area contributed by atoms with Crippen LogP contribution >= 0.6 is 0 Å². The van der Waals surface area contributed by atoms with Crippen molar-refractivity contribution in [2.24, 2.45) is 0 Å². The Bertz CT molecular complexity index is 800. The standard InChI is InChI=1S/C17H23N3O4S/c1-3-18-17(22)16-11-13-10-14(6-7-15(13)20(16)12(2)21)25(23,24)19-8-4-5-9-19/h6-7,10,16H,3-5,8-9,11H2,1-2H3,(H,18,22)/t16-/m1/s1. The number of sulfonamides is 1. The quantitative estimate of drug-likeness (QED) is 0.858. The zero-order valence-corrected chi connectivity index (χ0v) is 15.3. The molecule has 7 nitrogen and oxygen atoms in total. The van der Waals surface area contributed by atoms with Crippen LogP contribution in [0.2, 0.25) is 0 Å². The summed E-state index contributed by atoms with van der Waals surface area (Å²) < 4.78 is 27.0. The Kier molecular flexibility index (Phi) is 4.83. The minimum Gasteiger partial charge on any atom is -0.355 e. The monoisotopic (exact) mass is 365 g/mol. The number of hydrogen-bond donors (Lipinski definition) is 1. The summed E-state index contributed by atoms with van der Waals surface area (Å²) in [6.07, 6.45) is 2.08. The first-order chi connectivity index (χ1) is 11.9. The normalized spacial score (nSPS) is 20.6. The molecule has 2 heterocycles. The largest absolute Gasteiger partial charge is 0.355 e. The lowest BCUT2D eigenvalue weighted by Crippen LogP contribution is -2.47. The van der Waals surface area contributed by atoms with Crippen LogP contribution in [0.5, 0.6) is 0 Å². The Hall–Kier alpha value is -1.93. The number of rotatable bonds is 4. The van der Waals surface area contributed by atoms with E-state index in [1.807, 2.05) is 6.92 Å². The average molecular weight is 365 g/mol. The van der Waals surface area contributed by atoms with Crippen molar-refractivity contribution in [2.45, 2.75) is 44.0 Å². The highest BCUT2D eigenvalue weighted by Gasteiger charge is 2.38. The minimum absolute atomic E-state index is 0.224. The van der Waals surface area contributed by atoms with Crippen molar-refractivity contribution in [1.82, 2.24) is 9.62 Å². The summed E-state index contributed by atoms with van der Waals surface area (Å²) in [6, 6.07) is 4.15. The van der Waals surface area contributed by atoms with Crippen molar-refractivity contribution >= 4 is 27.5 Å². The number of anilines is 1. The number of amides is 2. The highest BCUT2D eigenvalue weighted by Crippen LogP contribution is 2.35. The zero-order valence-electron chi connectivity index (χ0n) is 14.5. The van der Waals surface area contributed by atoms with Crippen molar-refractivity contribution in [1.29, 1.82) is 0 Å². The lowest BCUT2D eigenvalue weighted by atomic mass is 10.1. The second kappa shape index (κ2) is 6.76. The van der Waals surface area contributed by atoms with Crippen LogP contribution in [-0.4, -0.2) is 50.2 Å². The van der Waals surface area contributed by atoms with Crippen LogP contribution in [0.15, 0.2) is 23.1 Å². The van der Waals surface area contributed by atoms with Gasteiger partial charge < -0.3 is 5.32 Å². The van der Waals surface area contributed by atoms with Gasteiger partial charge in [-0.25, -0.2) is 8.42 Å². The van der Waals surface area contributed by atoms with Gasteiger partial charge in [0.15, 0.2) is 0 Å². The summed E-state index contributed by atoms with van der Waals surface area (Å²) in [4.78, 5) is 26.0. The van der Waals surface area contributed by atoms with E-state index in [1.54, 1.807) is 12.1 Å². The molecule has 25 heavy (non-hydrogen) atoms. The molecule has 0 aromatic heterocycles. The van der Waals surface area contributed by atoms with Crippen LogP contribution in [0, 0.1) is 0 Å². The van der Waals surface area contributed by atoms with E-state index in [0.29, 0.717) is 37.3 Å². The molecule has 0 unspecified atom stereocenters. The summed E-state index contributed by atoms with van der Waals surface area (Å²) >= 11 is 0. The maximum atomic E-state index is 12.7. The summed E-state index contributed by atoms with van der Waals surface area (Å²) in [5, 5.41) is 2.74. The molecule has 1 saturated heterocycles. The predicted molar refractivity (Wildman–Crippen MR) is 93.8 cm³/mol. The molecule has 1 N–H and O–H groups in total. The van der Waals surface area contributed by atoms with Crippen LogP contribution in [0.4, 0.5) is 5.69 Å². The molecule has 0 bridgehead atoms. The topological polar surface area (TPSA) is 86.8 Å². The molecule has 8 heteroatoms. The second-order valence-electron chi connectivity index (χ2n) is 6.41. The first-order valence-corrected chi connectivity index (χ1v) is 10.0. The molecular formula is C17H23N3O4S. The molecule has 1 fully saturated rings. The van der Waals surface area contributed by atoms with Gasteiger partial charge >= 0.3 is 0 Å². The third-order valence-corrected chi connectivity index (χ3v) is 6.63. The van der Waals surface area contributed by atoms with E-state index in [-0.39, 0.29) is 16.7 Å². The van der Waals surface area contributed by atoms with E-state index in [4.69, 9.17) is 0 Å². The van der Waals surface area contributed by atoms with E-state index in [2.05, 4.69) is 5.32 Å². The van der Waals surface area contributed by atoms with Crippen LogP contribution < -0.4 is 10.2 Å². The zero-order chi connectivity index (χ0) is 18.2. The first-order valence-electron chi connectivity index (χ1n) is 8.57. The fourth-order valence-corrected chi connectivity index (χ4v) is 5.13. The molecule has 2 amide bonds. The average Bonchev–Trinajstić information content (AvgIpc) is 3.22. The summed E-state index contributed by atoms with van der Waals surface area (Å²) in [5.74, 6) is -0.456. The second-order valence-corrected chi connectivity index (χ2v) is 8.34. The number of nitrogens with one attached hydrogen (secondary N) is 1. The fourth-order valence-electron chi connectivity index (χ4n) is 3.56. The number of hydrogen-bond acceptors (Lipinski definition) is 4. The maximum Gasteiger partial charge on any atom is 0.243 e. The van der Waals surface area contributed by atoms with E-state index in [0.717, 1.165) is 12.8 Å². The minimum atomic E-state index is -3.52. The number of likely N-dealkylation sites (N-methyl/N-ethyl adjacent to an activating group) is 1. The van der Waals surface area contributed by atoms with Gasteiger partial charge in [0.1, 0.15) is 6.04 Å². The Morgan fingerprint density at radius 1 is 1.24 bits per heavy atom. The maximum absolute atomic E-state index is 12.7. The van der Waals surface area contributed by atoms with Gasteiger partial charge in [0.25, 0.3) is 0 Å². The molecule has 1 aromatic carbocycles. The molecule has 0 saturated carbocycles. The molecule has 0 radical (unpaired) electrons. The SMILES string of the molecule is CCNC(=O)[C@H]1Cc2cc(S(=O)(=O)N3CCCC3)ccc2N1C(C)=O. The molecule has 3 rings (SSSR count). The molecule has 0 aliphatic carbocycles. The van der Waals surface area contributed by atoms with Crippen LogP contribution in [0.1, 0.15) is 32.3 Å². The molecule has 1 aromatic rings. The number of benzene rings is 1. The van der Waals surface area contributed by atoms with Crippen molar-refractivity contribution in [3.05, 3.63) is 23.8 Å². The molecule has 1 atom stereocenters. The Labute approximate surface area is 148 Å². The van der Waals surface area contributed by atoms with Gasteiger partial charge in [0, 0.05) is 38.7 Å². The summed E-state index contributed by atoms with van der Waals surface area (Å²) in [7, 11) is -3.52. The first kappa shape index (κ1) is 17.9. The third-order valence-electron chi connectivity index (χ3n) is 4.73. The Morgan fingerprint density at radius 2 is 1.92 bits per heavy atom. The van der Waals surface area contributed by atoms with E-state index in [1.165, 1.54) is 22.2 Å². The van der Waals surface area contributed by atoms with Crippen molar-refractivity contribution in [2.75, 3.05) is 24.5 Å². The smallest absolute Gasteiger partial charge is 0.243 e. The van der Waals surface area contributed by atoms with E-state index >= 15 is 0 Å². The van der Waals surface area contributed by atoms with Crippen LogP contribution in [-0.2, 0) is 26.0 Å². The fraction of sp³-hybridized carbons (Fsp3) is 0.529.